The van der Waals surface area contributed by atoms with Gasteiger partial charge in [-0.1, -0.05) is 26.0 Å². The number of likely N-dealkylation sites (N-methyl/N-ethyl adjacent to an activating group) is 1. The molecule has 1 unspecified atom stereocenters. The van der Waals surface area contributed by atoms with Crippen molar-refractivity contribution in [2.45, 2.75) is 65.6 Å². The number of carbonyl (C=O) groups is 3. The second kappa shape index (κ2) is 12.3. The predicted octanol–water partition coefficient (Wildman–Crippen LogP) is 5.41. The predicted molar refractivity (Wildman–Crippen MR) is 139 cm³/mol. The molecule has 2 rings (SSSR count). The smallest absolute Gasteiger partial charge is 0.410 e. The van der Waals surface area contributed by atoms with Crippen LogP contribution in [-0.2, 0) is 9.53 Å². The number of benzene rings is 2. The van der Waals surface area contributed by atoms with Crippen molar-refractivity contribution >= 4 is 23.6 Å². The highest BCUT2D eigenvalue weighted by molar-refractivity contribution is 6.05. The Morgan fingerprint density at radius 2 is 1.70 bits per heavy atom. The van der Waals surface area contributed by atoms with Gasteiger partial charge in [0.25, 0.3) is 5.91 Å². The number of ether oxygens (including phenoxy) is 1. The van der Waals surface area contributed by atoms with Gasteiger partial charge in [0.1, 0.15) is 17.5 Å². The van der Waals surface area contributed by atoms with Crippen molar-refractivity contribution in [1.29, 1.82) is 5.26 Å². The highest BCUT2D eigenvalue weighted by atomic mass is 19.1. The Balaban J connectivity index is 2.27. The molecule has 2 N–H and O–H groups in total. The van der Waals surface area contributed by atoms with E-state index < -0.39 is 41.4 Å². The molecule has 9 heteroatoms. The highest BCUT2D eigenvalue weighted by Crippen LogP contribution is 2.22. The molecule has 0 spiro atoms. The van der Waals surface area contributed by atoms with Gasteiger partial charge >= 0.3 is 6.09 Å². The Kier molecular flexibility index (Phi) is 9.78. The summed E-state index contributed by atoms with van der Waals surface area (Å²) in [5.74, 6) is -1.68. The molecule has 3 amide bonds. The summed E-state index contributed by atoms with van der Waals surface area (Å²) in [7, 11) is 1.48. The number of anilines is 1. The normalized spacial score (nSPS) is 12.8. The van der Waals surface area contributed by atoms with E-state index in [9.17, 15) is 18.8 Å². The summed E-state index contributed by atoms with van der Waals surface area (Å²) in [6.45, 7) is 10.8. The van der Waals surface area contributed by atoms with E-state index in [0.29, 0.717) is 12.0 Å². The van der Waals surface area contributed by atoms with E-state index in [2.05, 4.69) is 10.6 Å². The summed E-state index contributed by atoms with van der Waals surface area (Å²) in [4.78, 5) is 40.3. The van der Waals surface area contributed by atoms with Crippen molar-refractivity contribution < 1.29 is 23.5 Å². The first-order valence-corrected chi connectivity index (χ1v) is 12.1. The van der Waals surface area contributed by atoms with Crippen LogP contribution < -0.4 is 10.6 Å². The number of amides is 3. The van der Waals surface area contributed by atoms with Gasteiger partial charge in [0.05, 0.1) is 28.9 Å². The van der Waals surface area contributed by atoms with Crippen LogP contribution in [0, 0.1) is 23.1 Å². The van der Waals surface area contributed by atoms with Gasteiger partial charge in [-0.15, -0.1) is 0 Å². The van der Waals surface area contributed by atoms with E-state index in [0.717, 1.165) is 17.7 Å². The molecule has 2 aromatic rings. The maximum atomic E-state index is 14.1. The van der Waals surface area contributed by atoms with Crippen LogP contribution in [0.2, 0.25) is 0 Å². The first-order valence-electron chi connectivity index (χ1n) is 12.1. The lowest BCUT2D eigenvalue weighted by Crippen LogP contribution is -2.47. The zero-order valence-electron chi connectivity index (χ0n) is 22.4. The Hall–Kier alpha value is -3.93. The lowest BCUT2D eigenvalue weighted by atomic mass is 10.0. The van der Waals surface area contributed by atoms with Gasteiger partial charge in [0.15, 0.2) is 0 Å². The Morgan fingerprint density at radius 1 is 1.08 bits per heavy atom. The number of nitrogens with one attached hydrogen (secondary N) is 2. The van der Waals surface area contributed by atoms with Gasteiger partial charge in [-0.25, -0.2) is 9.18 Å². The maximum Gasteiger partial charge on any atom is 0.410 e. The Bertz CT molecular complexity index is 1170. The SMILES string of the molecule is CC(C)C[C@@H](C(=O)Nc1ccc(F)cc1C(=O)NC(C)c1ccc(C#N)cc1)N(C)C(=O)OC(C)(C)C. The average Bonchev–Trinajstić information content (AvgIpc) is 2.81. The summed E-state index contributed by atoms with van der Waals surface area (Å²) in [6.07, 6.45) is -0.304. The van der Waals surface area contributed by atoms with E-state index in [1.54, 1.807) is 52.0 Å². The molecule has 0 saturated carbocycles. The lowest BCUT2D eigenvalue weighted by Gasteiger charge is -2.31. The largest absolute Gasteiger partial charge is 0.444 e. The van der Waals surface area contributed by atoms with Crippen molar-refractivity contribution in [3.63, 3.8) is 0 Å². The minimum Gasteiger partial charge on any atom is -0.444 e. The molecule has 2 atom stereocenters. The van der Waals surface area contributed by atoms with Gasteiger partial charge in [0, 0.05) is 7.05 Å². The van der Waals surface area contributed by atoms with Crippen LogP contribution in [0.4, 0.5) is 14.9 Å². The molecule has 0 fully saturated rings. The summed E-state index contributed by atoms with van der Waals surface area (Å²) in [5.41, 5.74) is 0.562. The average molecular weight is 511 g/mol. The summed E-state index contributed by atoms with van der Waals surface area (Å²) in [6, 6.07) is 10.9. The molecule has 2 aromatic carbocycles. The molecule has 0 radical (unpaired) electrons. The van der Waals surface area contributed by atoms with Crippen LogP contribution in [-0.4, -0.2) is 41.5 Å². The fourth-order valence-corrected chi connectivity index (χ4v) is 3.58. The van der Waals surface area contributed by atoms with Crippen molar-refractivity contribution in [3.05, 3.63) is 65.0 Å². The van der Waals surface area contributed by atoms with E-state index >= 15 is 0 Å². The first-order chi connectivity index (χ1) is 17.2. The second-order valence-corrected chi connectivity index (χ2v) is 10.3. The quantitative estimate of drug-likeness (QED) is 0.493. The number of carbonyl (C=O) groups excluding carboxylic acids is 3. The van der Waals surface area contributed by atoms with Crippen molar-refractivity contribution in [2.75, 3.05) is 12.4 Å². The lowest BCUT2D eigenvalue weighted by molar-refractivity contribution is -0.121. The Morgan fingerprint density at radius 3 is 2.24 bits per heavy atom. The fraction of sp³-hybridized carbons (Fsp3) is 0.429. The molecule has 0 aliphatic rings. The highest BCUT2D eigenvalue weighted by Gasteiger charge is 2.31. The molecule has 0 saturated heterocycles. The molecule has 0 heterocycles. The Labute approximate surface area is 217 Å². The van der Waals surface area contributed by atoms with Crippen molar-refractivity contribution in [1.82, 2.24) is 10.2 Å². The number of nitrogens with zero attached hydrogens (tertiary/aromatic N) is 2. The molecule has 37 heavy (non-hydrogen) atoms. The third-order valence-corrected chi connectivity index (χ3v) is 5.52. The summed E-state index contributed by atoms with van der Waals surface area (Å²) in [5, 5.41) is 14.5. The molecule has 0 bridgehead atoms. The first kappa shape index (κ1) is 29.3. The standard InChI is InChI=1S/C28H35FN4O4/c1-17(2)14-24(33(7)27(36)37-28(4,5)6)26(35)32-23-13-12-21(29)15-22(23)25(34)31-18(3)20-10-8-19(16-30)9-11-20/h8-13,15,17-18,24H,14H2,1-7H3,(H,31,34)(H,32,35)/t18?,24-/m0/s1. The van der Waals surface area contributed by atoms with Gasteiger partial charge in [-0.3, -0.25) is 14.5 Å². The van der Waals surface area contributed by atoms with Gasteiger partial charge in [-0.2, -0.15) is 5.26 Å². The minimum atomic E-state index is -0.881. The van der Waals surface area contributed by atoms with Gasteiger partial charge in [-0.05, 0) is 75.9 Å². The molecular weight excluding hydrogens is 475 g/mol. The number of halogens is 1. The van der Waals surface area contributed by atoms with E-state index in [1.165, 1.54) is 18.0 Å². The summed E-state index contributed by atoms with van der Waals surface area (Å²) < 4.78 is 19.5. The maximum absolute atomic E-state index is 14.1. The van der Waals surface area contributed by atoms with Gasteiger partial charge < -0.3 is 15.4 Å². The minimum absolute atomic E-state index is 0.0583. The van der Waals surface area contributed by atoms with Crippen LogP contribution in [0.1, 0.15) is 75.5 Å². The number of hydrogen-bond acceptors (Lipinski definition) is 5. The molecule has 0 aliphatic heterocycles. The molecule has 0 aromatic heterocycles. The number of rotatable bonds is 8. The van der Waals surface area contributed by atoms with Crippen molar-refractivity contribution in [3.8, 4) is 6.07 Å². The monoisotopic (exact) mass is 510 g/mol. The van der Waals surface area contributed by atoms with E-state index in [1.807, 2.05) is 19.9 Å². The zero-order valence-corrected chi connectivity index (χ0v) is 22.4. The van der Waals surface area contributed by atoms with Crippen LogP contribution in [0.3, 0.4) is 0 Å². The van der Waals surface area contributed by atoms with Gasteiger partial charge in [0.2, 0.25) is 5.91 Å². The molecule has 8 nitrogen and oxygen atoms in total. The van der Waals surface area contributed by atoms with Crippen molar-refractivity contribution in [2.24, 2.45) is 5.92 Å². The van der Waals surface area contributed by atoms with Crippen LogP contribution in [0.5, 0.6) is 0 Å². The second-order valence-electron chi connectivity index (χ2n) is 10.3. The molecule has 198 valence electrons. The van der Waals surface area contributed by atoms with Crippen LogP contribution >= 0.6 is 0 Å². The zero-order chi connectivity index (χ0) is 27.9. The van der Waals surface area contributed by atoms with Crippen LogP contribution in [0.15, 0.2) is 42.5 Å². The summed E-state index contributed by atoms with van der Waals surface area (Å²) >= 11 is 0. The fourth-order valence-electron chi connectivity index (χ4n) is 3.58. The van der Waals surface area contributed by atoms with Crippen LogP contribution in [0.25, 0.3) is 0 Å². The third-order valence-electron chi connectivity index (χ3n) is 5.52. The van der Waals surface area contributed by atoms with E-state index in [4.69, 9.17) is 10.00 Å². The number of hydrogen-bond donors (Lipinski definition) is 2. The number of nitriles is 1. The third kappa shape index (κ3) is 8.60. The topological polar surface area (TPSA) is 112 Å². The van der Waals surface area contributed by atoms with E-state index in [-0.39, 0.29) is 17.2 Å². The molecule has 0 aliphatic carbocycles. The molecular formula is C28H35FN4O4.